The van der Waals surface area contributed by atoms with E-state index in [1.165, 1.54) is 11.3 Å². The van der Waals surface area contributed by atoms with E-state index in [9.17, 15) is 4.79 Å². The number of ether oxygens (including phenoxy) is 3. The van der Waals surface area contributed by atoms with E-state index in [4.69, 9.17) is 14.2 Å². The molecule has 1 aromatic heterocycles. The summed E-state index contributed by atoms with van der Waals surface area (Å²) in [4.78, 5) is 15.9. The van der Waals surface area contributed by atoms with Gasteiger partial charge < -0.3 is 14.2 Å². The van der Waals surface area contributed by atoms with E-state index in [0.717, 1.165) is 5.56 Å². The molecule has 0 fully saturated rings. The number of methoxy groups -OCH3 is 2. The van der Waals surface area contributed by atoms with Crippen LogP contribution in [0.25, 0.3) is 11.3 Å². The van der Waals surface area contributed by atoms with E-state index >= 15 is 0 Å². The Balaban J connectivity index is 2.30. The monoisotopic (exact) mass is 293 g/mol. The summed E-state index contributed by atoms with van der Waals surface area (Å²) in [6, 6.07) is 5.49. The minimum absolute atomic E-state index is 0.337. The van der Waals surface area contributed by atoms with Crippen molar-refractivity contribution >= 4 is 17.3 Å². The van der Waals surface area contributed by atoms with Gasteiger partial charge in [0.05, 0.1) is 26.5 Å². The van der Waals surface area contributed by atoms with Crippen LogP contribution in [0.4, 0.5) is 0 Å². The van der Waals surface area contributed by atoms with Crippen LogP contribution in [0.15, 0.2) is 23.6 Å². The van der Waals surface area contributed by atoms with Gasteiger partial charge in [-0.3, -0.25) is 0 Å². The van der Waals surface area contributed by atoms with Crippen molar-refractivity contribution in [2.45, 2.75) is 6.92 Å². The molecule has 0 aliphatic carbocycles. The SMILES string of the molecule is CCOC(=O)c1nc(-c2ccc(OC)c(OC)c2)cs1. The zero-order valence-corrected chi connectivity index (χ0v) is 12.3. The topological polar surface area (TPSA) is 57.7 Å². The fourth-order valence-corrected chi connectivity index (χ4v) is 2.41. The molecule has 1 heterocycles. The first kappa shape index (κ1) is 14.3. The van der Waals surface area contributed by atoms with Crippen molar-refractivity contribution in [2.75, 3.05) is 20.8 Å². The fraction of sp³-hybridized carbons (Fsp3) is 0.286. The number of nitrogens with zero attached hydrogens (tertiary/aromatic N) is 1. The number of hydrogen-bond donors (Lipinski definition) is 0. The summed E-state index contributed by atoms with van der Waals surface area (Å²) < 4.78 is 15.4. The Bertz CT molecular complexity index is 609. The molecule has 0 unspecified atom stereocenters. The number of benzene rings is 1. The number of hydrogen-bond acceptors (Lipinski definition) is 6. The first-order valence-electron chi connectivity index (χ1n) is 6.04. The minimum atomic E-state index is -0.399. The van der Waals surface area contributed by atoms with Crippen molar-refractivity contribution in [2.24, 2.45) is 0 Å². The molecule has 1 aromatic carbocycles. The largest absolute Gasteiger partial charge is 0.493 e. The summed E-state index contributed by atoms with van der Waals surface area (Å²) in [6.45, 7) is 2.10. The maximum atomic E-state index is 11.6. The molecule has 0 saturated carbocycles. The number of thiazole rings is 1. The van der Waals surface area contributed by atoms with Crippen molar-refractivity contribution in [3.63, 3.8) is 0 Å². The quantitative estimate of drug-likeness (QED) is 0.793. The first-order chi connectivity index (χ1) is 9.69. The average Bonchev–Trinajstić information content (AvgIpc) is 2.96. The van der Waals surface area contributed by atoms with Crippen molar-refractivity contribution in [3.8, 4) is 22.8 Å². The number of aromatic nitrogens is 1. The van der Waals surface area contributed by atoms with Crippen molar-refractivity contribution < 1.29 is 19.0 Å². The van der Waals surface area contributed by atoms with Crippen LogP contribution >= 0.6 is 11.3 Å². The molecule has 2 aromatic rings. The van der Waals surface area contributed by atoms with Crippen LogP contribution in [0.2, 0.25) is 0 Å². The van der Waals surface area contributed by atoms with E-state index in [2.05, 4.69) is 4.98 Å². The van der Waals surface area contributed by atoms with Gasteiger partial charge in [-0.1, -0.05) is 0 Å². The molecule has 0 spiro atoms. The second kappa shape index (κ2) is 6.38. The number of esters is 1. The summed E-state index contributed by atoms with van der Waals surface area (Å²) in [7, 11) is 3.16. The third-order valence-corrected chi connectivity index (χ3v) is 3.46. The maximum Gasteiger partial charge on any atom is 0.367 e. The molecule has 0 bridgehead atoms. The van der Waals surface area contributed by atoms with Gasteiger partial charge in [-0.05, 0) is 25.1 Å². The average molecular weight is 293 g/mol. The van der Waals surface area contributed by atoms with E-state index in [1.54, 1.807) is 27.2 Å². The molecule has 2 rings (SSSR count). The molecule has 106 valence electrons. The van der Waals surface area contributed by atoms with Crippen LogP contribution in [0, 0.1) is 0 Å². The summed E-state index contributed by atoms with van der Waals surface area (Å²) >= 11 is 1.26. The molecule has 0 atom stereocenters. The molecule has 0 aliphatic rings. The standard InChI is InChI=1S/C14H15NO4S/c1-4-19-14(16)13-15-10(8-20-13)9-5-6-11(17-2)12(7-9)18-3/h5-8H,4H2,1-3H3. The second-order valence-electron chi connectivity index (χ2n) is 3.83. The lowest BCUT2D eigenvalue weighted by molar-refractivity contribution is 0.0526. The van der Waals surface area contributed by atoms with E-state index in [1.807, 2.05) is 17.5 Å². The highest BCUT2D eigenvalue weighted by atomic mass is 32.1. The van der Waals surface area contributed by atoms with Gasteiger partial charge in [-0.2, -0.15) is 0 Å². The number of rotatable bonds is 5. The zero-order valence-electron chi connectivity index (χ0n) is 11.5. The van der Waals surface area contributed by atoms with Crippen LogP contribution in [-0.2, 0) is 4.74 Å². The van der Waals surface area contributed by atoms with Gasteiger partial charge in [0.15, 0.2) is 11.5 Å². The molecule has 0 radical (unpaired) electrons. The third kappa shape index (κ3) is 2.91. The third-order valence-electron chi connectivity index (χ3n) is 2.63. The van der Waals surface area contributed by atoms with Crippen LogP contribution in [-0.4, -0.2) is 31.8 Å². The summed E-state index contributed by atoms with van der Waals surface area (Å²) in [6.07, 6.45) is 0. The highest BCUT2D eigenvalue weighted by Crippen LogP contribution is 2.32. The first-order valence-corrected chi connectivity index (χ1v) is 6.92. The predicted octanol–water partition coefficient (Wildman–Crippen LogP) is 3.00. The van der Waals surface area contributed by atoms with Gasteiger partial charge in [-0.15, -0.1) is 11.3 Å². The maximum absolute atomic E-state index is 11.6. The lowest BCUT2D eigenvalue weighted by Gasteiger charge is -2.08. The van der Waals surface area contributed by atoms with Gasteiger partial charge in [0.25, 0.3) is 0 Å². The Morgan fingerprint density at radius 2 is 2.00 bits per heavy atom. The highest BCUT2D eigenvalue weighted by Gasteiger charge is 2.14. The number of carbonyl (C=O) groups is 1. The summed E-state index contributed by atoms with van der Waals surface area (Å²) in [5.74, 6) is 0.872. The summed E-state index contributed by atoms with van der Waals surface area (Å²) in [5, 5.41) is 2.16. The van der Waals surface area contributed by atoms with Gasteiger partial charge >= 0.3 is 5.97 Å². The minimum Gasteiger partial charge on any atom is -0.493 e. The lowest BCUT2D eigenvalue weighted by Crippen LogP contribution is -2.03. The Morgan fingerprint density at radius 1 is 1.25 bits per heavy atom. The predicted molar refractivity (Wildman–Crippen MR) is 76.6 cm³/mol. The molecule has 0 saturated heterocycles. The molecule has 0 aliphatic heterocycles. The highest BCUT2D eigenvalue weighted by molar-refractivity contribution is 7.11. The van der Waals surface area contributed by atoms with Crippen molar-refractivity contribution in [3.05, 3.63) is 28.6 Å². The second-order valence-corrected chi connectivity index (χ2v) is 4.69. The van der Waals surface area contributed by atoms with Crippen LogP contribution in [0.1, 0.15) is 16.7 Å². The van der Waals surface area contributed by atoms with E-state index < -0.39 is 5.97 Å². The van der Waals surface area contributed by atoms with Gasteiger partial charge in [-0.25, -0.2) is 9.78 Å². The number of carbonyl (C=O) groups excluding carboxylic acids is 1. The summed E-state index contributed by atoms with van der Waals surface area (Å²) in [5.41, 5.74) is 1.56. The van der Waals surface area contributed by atoms with Gasteiger partial charge in [0, 0.05) is 10.9 Å². The molecule has 6 heteroatoms. The van der Waals surface area contributed by atoms with E-state index in [0.29, 0.717) is 28.8 Å². The molecule has 5 nitrogen and oxygen atoms in total. The van der Waals surface area contributed by atoms with Gasteiger partial charge in [0.1, 0.15) is 0 Å². The van der Waals surface area contributed by atoms with Crippen molar-refractivity contribution in [1.82, 2.24) is 4.98 Å². The van der Waals surface area contributed by atoms with Crippen LogP contribution in [0.5, 0.6) is 11.5 Å². The van der Waals surface area contributed by atoms with Gasteiger partial charge in [0.2, 0.25) is 5.01 Å². The zero-order chi connectivity index (χ0) is 14.5. The van der Waals surface area contributed by atoms with E-state index in [-0.39, 0.29) is 0 Å². The Hall–Kier alpha value is -2.08. The molecule has 0 N–H and O–H groups in total. The van der Waals surface area contributed by atoms with Crippen molar-refractivity contribution in [1.29, 1.82) is 0 Å². The van der Waals surface area contributed by atoms with Crippen LogP contribution < -0.4 is 9.47 Å². The normalized spacial score (nSPS) is 10.2. The Kier molecular flexibility index (Phi) is 4.57. The molecular formula is C14H15NO4S. The molecule has 20 heavy (non-hydrogen) atoms. The molecule has 0 amide bonds. The van der Waals surface area contributed by atoms with Crippen LogP contribution in [0.3, 0.4) is 0 Å². The Morgan fingerprint density at radius 3 is 2.65 bits per heavy atom. The lowest BCUT2D eigenvalue weighted by atomic mass is 10.1. The fourth-order valence-electron chi connectivity index (χ4n) is 1.69. The molecular weight excluding hydrogens is 278 g/mol. The Labute approximate surface area is 121 Å². The smallest absolute Gasteiger partial charge is 0.367 e.